The number of aliphatic hydroxyl groups excluding tert-OH is 1. The first-order valence-corrected chi connectivity index (χ1v) is 17.8. The van der Waals surface area contributed by atoms with Crippen molar-refractivity contribution in [3.8, 4) is 0 Å². The van der Waals surface area contributed by atoms with Crippen molar-refractivity contribution in [1.29, 1.82) is 0 Å². The summed E-state index contributed by atoms with van der Waals surface area (Å²) in [6.07, 6.45) is 12.1. The van der Waals surface area contributed by atoms with Crippen molar-refractivity contribution in [3.05, 3.63) is 11.6 Å². The molecular weight excluding hydrogens is 546 g/mol. The molecular formula is C35H55NO5S. The van der Waals surface area contributed by atoms with E-state index in [-0.39, 0.29) is 56.7 Å². The number of allylic oxidation sites excluding steroid dienone is 2. The molecule has 6 nitrogen and oxygen atoms in total. The van der Waals surface area contributed by atoms with Crippen LogP contribution in [0.15, 0.2) is 11.6 Å². The number of carbonyl (C=O) groups is 3. The number of carboxylic acids is 1. The average molecular weight is 602 g/mol. The highest BCUT2D eigenvalue weighted by molar-refractivity contribution is 7.98. The molecule has 0 spiro atoms. The molecule has 3 N–H and O–H groups in total. The highest BCUT2D eigenvalue weighted by atomic mass is 32.2. The Bertz CT molecular complexity index is 1180. The van der Waals surface area contributed by atoms with Crippen molar-refractivity contribution in [2.24, 2.45) is 50.2 Å². The quantitative estimate of drug-likeness (QED) is 0.315. The van der Waals surface area contributed by atoms with Crippen LogP contribution in [0.2, 0.25) is 0 Å². The summed E-state index contributed by atoms with van der Waals surface area (Å²) in [6.45, 7) is 15.9. The second-order valence-corrected chi connectivity index (χ2v) is 17.8. The minimum atomic E-state index is -0.978. The number of ketones is 1. The molecule has 0 saturated heterocycles. The van der Waals surface area contributed by atoms with Gasteiger partial charge in [0.05, 0.1) is 6.10 Å². The molecule has 0 bridgehead atoms. The van der Waals surface area contributed by atoms with E-state index in [9.17, 15) is 24.6 Å². The molecule has 5 rings (SSSR count). The second-order valence-electron chi connectivity index (χ2n) is 16.8. The number of aliphatic hydroxyl groups is 1. The lowest BCUT2D eigenvalue weighted by molar-refractivity contribution is -0.202. The second kappa shape index (κ2) is 10.4. The van der Waals surface area contributed by atoms with Gasteiger partial charge in [0.15, 0.2) is 5.78 Å². The Morgan fingerprint density at radius 3 is 2.31 bits per heavy atom. The van der Waals surface area contributed by atoms with Crippen LogP contribution in [0, 0.1) is 50.2 Å². The molecule has 0 unspecified atom stereocenters. The van der Waals surface area contributed by atoms with E-state index in [4.69, 9.17) is 0 Å². The number of fused-ring (bicyclic) bond motifs is 7. The fourth-order valence-electron chi connectivity index (χ4n) is 11.2. The van der Waals surface area contributed by atoms with Gasteiger partial charge < -0.3 is 15.5 Å². The third kappa shape index (κ3) is 4.48. The highest BCUT2D eigenvalue weighted by Crippen LogP contribution is 2.75. The number of hydrogen-bond acceptors (Lipinski definition) is 5. The van der Waals surface area contributed by atoms with Crippen molar-refractivity contribution in [3.63, 3.8) is 0 Å². The molecule has 0 aliphatic heterocycles. The fraction of sp³-hybridized carbons (Fsp3) is 0.857. The number of carbonyl (C=O) groups excluding carboxylic acids is 2. The molecule has 42 heavy (non-hydrogen) atoms. The maximum atomic E-state index is 14.5. The Labute approximate surface area is 257 Å². The molecule has 4 fully saturated rings. The summed E-state index contributed by atoms with van der Waals surface area (Å²) >= 11 is 1.58. The molecule has 5 aliphatic rings. The van der Waals surface area contributed by atoms with Crippen LogP contribution in [-0.2, 0) is 14.4 Å². The maximum Gasteiger partial charge on any atom is 0.326 e. The van der Waals surface area contributed by atoms with Crippen LogP contribution < -0.4 is 5.32 Å². The Morgan fingerprint density at radius 2 is 1.67 bits per heavy atom. The number of aliphatic carboxylic acids is 1. The van der Waals surface area contributed by atoms with Gasteiger partial charge in [-0.1, -0.05) is 54.0 Å². The topological polar surface area (TPSA) is 104 Å². The van der Waals surface area contributed by atoms with Crippen molar-refractivity contribution >= 4 is 29.4 Å². The Kier molecular flexibility index (Phi) is 7.91. The number of hydrogen-bond donors (Lipinski definition) is 3. The largest absolute Gasteiger partial charge is 0.480 e. The zero-order valence-electron chi connectivity index (χ0n) is 27.3. The van der Waals surface area contributed by atoms with E-state index in [2.05, 4.69) is 46.9 Å². The molecule has 10 atom stereocenters. The van der Waals surface area contributed by atoms with Crippen LogP contribution in [0.25, 0.3) is 0 Å². The van der Waals surface area contributed by atoms with Crippen LogP contribution in [0.3, 0.4) is 0 Å². The van der Waals surface area contributed by atoms with Crippen molar-refractivity contribution in [2.75, 3.05) is 12.0 Å². The van der Waals surface area contributed by atoms with E-state index in [1.54, 1.807) is 11.8 Å². The number of nitrogens with one attached hydrogen (secondary N) is 1. The van der Waals surface area contributed by atoms with E-state index in [1.807, 2.05) is 19.3 Å². The van der Waals surface area contributed by atoms with Gasteiger partial charge in [0.25, 0.3) is 0 Å². The maximum absolute atomic E-state index is 14.5. The molecule has 0 heterocycles. The molecule has 1 amide bonds. The first-order valence-electron chi connectivity index (χ1n) is 16.4. The lowest BCUT2D eigenvalue weighted by Crippen LogP contribution is -2.66. The standard InChI is InChI=1S/C35H55NO5S/c1-30(2)25-9-13-35(7)27(33(25,5)12-10-26(30)38)24(37)19-21-22-20-32(4,15-14-31(22,3)16-17-34(21,35)6)29(41)36-23(28(39)40)11-18-42-8/h19,22-23,25-27,38H,9-18,20H2,1-8H3,(H,36,41)(H,39,40)/t22-,23-,25-,26-,27+,31+,32-,33-,34+,35+/m0/s1. The van der Waals surface area contributed by atoms with E-state index in [0.29, 0.717) is 24.5 Å². The molecule has 0 radical (unpaired) electrons. The zero-order chi connectivity index (χ0) is 31.1. The summed E-state index contributed by atoms with van der Waals surface area (Å²) in [4.78, 5) is 40.2. The predicted octanol–water partition coefficient (Wildman–Crippen LogP) is 6.65. The van der Waals surface area contributed by atoms with Gasteiger partial charge in [-0.15, -0.1) is 0 Å². The molecule has 4 saturated carbocycles. The van der Waals surface area contributed by atoms with Gasteiger partial charge in [-0.05, 0) is 121 Å². The summed E-state index contributed by atoms with van der Waals surface area (Å²) in [7, 11) is 0. The smallest absolute Gasteiger partial charge is 0.326 e. The van der Waals surface area contributed by atoms with Gasteiger partial charge in [-0.2, -0.15) is 11.8 Å². The van der Waals surface area contributed by atoms with Gasteiger partial charge in [0, 0.05) is 11.3 Å². The van der Waals surface area contributed by atoms with E-state index >= 15 is 0 Å². The van der Waals surface area contributed by atoms with E-state index in [0.717, 1.165) is 51.4 Å². The molecule has 7 heteroatoms. The molecule has 236 valence electrons. The lowest BCUT2D eigenvalue weighted by Gasteiger charge is -2.70. The first kappa shape index (κ1) is 32.1. The monoisotopic (exact) mass is 601 g/mol. The predicted molar refractivity (Wildman–Crippen MR) is 168 cm³/mol. The average Bonchev–Trinajstić information content (AvgIpc) is 2.90. The molecule has 0 aromatic rings. The van der Waals surface area contributed by atoms with Crippen LogP contribution >= 0.6 is 11.8 Å². The van der Waals surface area contributed by atoms with Gasteiger partial charge in [-0.3, -0.25) is 9.59 Å². The fourth-order valence-corrected chi connectivity index (χ4v) is 11.7. The van der Waals surface area contributed by atoms with Gasteiger partial charge >= 0.3 is 5.97 Å². The van der Waals surface area contributed by atoms with E-state index < -0.39 is 17.4 Å². The normalized spacial score (nSPS) is 46.7. The van der Waals surface area contributed by atoms with Gasteiger partial charge in [0.1, 0.15) is 6.04 Å². The Balaban J connectivity index is 1.50. The minimum absolute atomic E-state index is 0.0255. The summed E-state index contributed by atoms with van der Waals surface area (Å²) in [5.41, 5.74) is -0.0768. The molecule has 0 aromatic heterocycles. The van der Waals surface area contributed by atoms with Gasteiger partial charge in [-0.25, -0.2) is 4.79 Å². The minimum Gasteiger partial charge on any atom is -0.480 e. The number of rotatable bonds is 6. The summed E-state index contributed by atoms with van der Waals surface area (Å²) in [5.74, 6) is 0.151. The van der Waals surface area contributed by atoms with Crippen LogP contribution in [0.5, 0.6) is 0 Å². The summed E-state index contributed by atoms with van der Waals surface area (Å²) < 4.78 is 0. The SMILES string of the molecule is CSCC[C@H](NC(=O)[C@@]1(C)CC[C@]2(C)CC[C@]3(C)C(=CC(=O)[C@@H]4[C@@]5(C)CC[C@H](O)C(C)(C)[C@@H]5CC[C@]43C)[C@@H]2C1)C(=O)O. The highest BCUT2D eigenvalue weighted by Gasteiger charge is 2.70. The van der Waals surface area contributed by atoms with Crippen molar-refractivity contribution < 1.29 is 24.6 Å². The van der Waals surface area contributed by atoms with Crippen molar-refractivity contribution in [2.45, 2.75) is 125 Å². The number of thioether (sulfide) groups is 1. The third-order valence-electron chi connectivity index (χ3n) is 14.3. The summed E-state index contributed by atoms with van der Waals surface area (Å²) in [6, 6.07) is -0.879. The Hall–Kier alpha value is -1.34. The lowest BCUT2D eigenvalue weighted by atomic mass is 9.33. The third-order valence-corrected chi connectivity index (χ3v) is 15.0. The molecule has 5 aliphatic carbocycles. The van der Waals surface area contributed by atoms with Crippen LogP contribution in [0.1, 0.15) is 113 Å². The Morgan fingerprint density at radius 1 is 1.00 bits per heavy atom. The molecule has 0 aromatic carbocycles. The number of carboxylic acid groups (broad SMARTS) is 1. The summed E-state index contributed by atoms with van der Waals surface area (Å²) in [5, 5.41) is 23.7. The first-order chi connectivity index (χ1) is 19.4. The van der Waals surface area contributed by atoms with Crippen LogP contribution in [0.4, 0.5) is 0 Å². The van der Waals surface area contributed by atoms with E-state index in [1.165, 1.54) is 5.57 Å². The van der Waals surface area contributed by atoms with Crippen LogP contribution in [-0.4, -0.2) is 52.0 Å². The van der Waals surface area contributed by atoms with Crippen molar-refractivity contribution in [1.82, 2.24) is 5.32 Å². The number of amides is 1. The zero-order valence-corrected chi connectivity index (χ0v) is 28.1. The van der Waals surface area contributed by atoms with Gasteiger partial charge in [0.2, 0.25) is 5.91 Å².